The second-order valence-corrected chi connectivity index (χ2v) is 9.10. The van der Waals surface area contributed by atoms with E-state index >= 15 is 0 Å². The molecule has 1 aromatic carbocycles. The van der Waals surface area contributed by atoms with Gasteiger partial charge in [-0.15, -0.1) is 0 Å². The summed E-state index contributed by atoms with van der Waals surface area (Å²) in [7, 11) is 3.85. The first-order valence-corrected chi connectivity index (χ1v) is 11.4. The summed E-state index contributed by atoms with van der Waals surface area (Å²) in [6, 6.07) is 9.66. The summed E-state index contributed by atoms with van der Waals surface area (Å²) in [5, 5.41) is 3.89. The van der Waals surface area contributed by atoms with Crippen LogP contribution in [0.2, 0.25) is 0 Å². The lowest BCUT2D eigenvalue weighted by Crippen LogP contribution is -2.38. The third-order valence-corrected chi connectivity index (χ3v) is 5.63. The molecule has 1 aliphatic rings. The van der Waals surface area contributed by atoms with Crippen LogP contribution in [0.4, 0.5) is 5.95 Å². The second kappa shape index (κ2) is 10.2. The number of para-hydroxylation sites is 1. The van der Waals surface area contributed by atoms with E-state index in [0.29, 0.717) is 37.1 Å². The van der Waals surface area contributed by atoms with E-state index < -0.39 is 0 Å². The molecule has 1 aliphatic heterocycles. The van der Waals surface area contributed by atoms with Gasteiger partial charge in [-0.1, -0.05) is 32.0 Å². The monoisotopic (exact) mass is 448 g/mol. The van der Waals surface area contributed by atoms with E-state index in [1.165, 1.54) is 0 Å². The number of benzene rings is 1. The van der Waals surface area contributed by atoms with E-state index in [2.05, 4.69) is 34.0 Å². The van der Waals surface area contributed by atoms with Crippen LogP contribution in [-0.2, 0) is 11.3 Å². The Balaban J connectivity index is 1.54. The first-order chi connectivity index (χ1) is 15.9. The maximum atomic E-state index is 13.0. The number of carbonyl (C=O) groups is 1. The summed E-state index contributed by atoms with van der Waals surface area (Å²) in [6.07, 6.45) is 3.54. The molecule has 1 fully saturated rings. The Kier molecular flexibility index (Phi) is 7.15. The molecule has 0 bridgehead atoms. The molecule has 3 aromatic rings. The normalized spacial score (nSPS) is 16.8. The van der Waals surface area contributed by atoms with E-state index in [4.69, 9.17) is 9.72 Å². The predicted octanol–water partition coefficient (Wildman–Crippen LogP) is 3.05. The third-order valence-electron chi connectivity index (χ3n) is 5.63. The number of fused-ring (bicyclic) bond motifs is 1. The van der Waals surface area contributed by atoms with Crippen LogP contribution in [0.5, 0.6) is 0 Å². The van der Waals surface area contributed by atoms with Gasteiger partial charge in [-0.2, -0.15) is 0 Å². The van der Waals surface area contributed by atoms with E-state index in [-0.39, 0.29) is 12.0 Å². The van der Waals surface area contributed by atoms with Crippen molar-refractivity contribution in [1.82, 2.24) is 25.2 Å². The Hall–Kier alpha value is -3.10. The number of carbonyl (C=O) groups excluding carboxylic acids is 1. The number of hydrogen-bond donors (Lipinski definition) is 1. The van der Waals surface area contributed by atoms with Crippen LogP contribution in [0.1, 0.15) is 41.6 Å². The second-order valence-electron chi connectivity index (χ2n) is 9.10. The van der Waals surface area contributed by atoms with E-state index in [9.17, 15) is 4.79 Å². The van der Waals surface area contributed by atoms with Gasteiger partial charge in [-0.25, -0.2) is 15.0 Å². The van der Waals surface area contributed by atoms with Gasteiger partial charge in [0.25, 0.3) is 5.91 Å². The molecule has 0 saturated carbocycles. The fourth-order valence-corrected chi connectivity index (χ4v) is 3.88. The van der Waals surface area contributed by atoms with Gasteiger partial charge in [-0.3, -0.25) is 9.69 Å². The van der Waals surface area contributed by atoms with Crippen LogP contribution in [0.15, 0.2) is 42.7 Å². The van der Waals surface area contributed by atoms with Crippen molar-refractivity contribution in [2.75, 3.05) is 45.2 Å². The van der Waals surface area contributed by atoms with Crippen molar-refractivity contribution < 1.29 is 9.53 Å². The highest BCUT2D eigenvalue weighted by atomic mass is 16.5. The Morgan fingerprint density at radius 3 is 2.73 bits per heavy atom. The van der Waals surface area contributed by atoms with Crippen molar-refractivity contribution in [3.8, 4) is 0 Å². The largest absolute Gasteiger partial charge is 0.369 e. The molecule has 0 spiro atoms. The number of hydrogen-bond acceptors (Lipinski definition) is 7. The molecular formula is C25H32N6O2. The van der Waals surface area contributed by atoms with Crippen molar-refractivity contribution in [3.63, 3.8) is 0 Å². The van der Waals surface area contributed by atoms with Gasteiger partial charge in [0.1, 0.15) is 6.10 Å². The lowest BCUT2D eigenvalue weighted by Gasteiger charge is -2.32. The summed E-state index contributed by atoms with van der Waals surface area (Å²) in [6.45, 7) is 7.65. The van der Waals surface area contributed by atoms with Crippen LogP contribution < -0.4 is 10.2 Å². The zero-order valence-corrected chi connectivity index (χ0v) is 19.8. The van der Waals surface area contributed by atoms with Crippen molar-refractivity contribution in [2.45, 2.75) is 26.5 Å². The number of anilines is 1. The minimum atomic E-state index is -0.207. The van der Waals surface area contributed by atoms with Gasteiger partial charge in [0, 0.05) is 63.6 Å². The van der Waals surface area contributed by atoms with Gasteiger partial charge in [0.15, 0.2) is 0 Å². The molecule has 0 radical (unpaired) electrons. The number of pyridine rings is 1. The van der Waals surface area contributed by atoms with Gasteiger partial charge < -0.3 is 15.0 Å². The smallest absolute Gasteiger partial charge is 0.252 e. The highest BCUT2D eigenvalue weighted by Crippen LogP contribution is 2.27. The van der Waals surface area contributed by atoms with Gasteiger partial charge in [0.05, 0.1) is 23.4 Å². The maximum absolute atomic E-state index is 13.0. The number of amides is 1. The van der Waals surface area contributed by atoms with Crippen molar-refractivity contribution in [2.24, 2.45) is 5.92 Å². The third kappa shape index (κ3) is 5.64. The van der Waals surface area contributed by atoms with Crippen molar-refractivity contribution in [3.05, 3.63) is 59.5 Å². The van der Waals surface area contributed by atoms with Crippen LogP contribution in [0.25, 0.3) is 10.9 Å². The standard InChI is InChI=1S/C25H32N6O2/c1-17(2)12-26-24(32)20-11-22(29-21-8-6-5-7-19(20)21)23-16-31(9-10-33-23)15-18-13-27-25(28-14-18)30(3)4/h5-8,11,13-14,17,23H,9-10,12,15-16H2,1-4H3,(H,26,32). The number of morpholine rings is 1. The zero-order valence-electron chi connectivity index (χ0n) is 19.8. The average Bonchev–Trinajstić information content (AvgIpc) is 2.82. The molecule has 8 nitrogen and oxygen atoms in total. The number of ether oxygens (including phenoxy) is 1. The van der Waals surface area contributed by atoms with Gasteiger partial charge in [0.2, 0.25) is 5.95 Å². The Bertz CT molecular complexity index is 1100. The topological polar surface area (TPSA) is 83.5 Å². The zero-order chi connectivity index (χ0) is 23.4. The lowest BCUT2D eigenvalue weighted by molar-refractivity contribution is -0.0349. The SMILES string of the molecule is CC(C)CNC(=O)c1cc(C2CN(Cc3cnc(N(C)C)nc3)CCO2)nc2ccccc12. The molecule has 4 rings (SSSR count). The van der Waals surface area contributed by atoms with Crippen LogP contribution in [0.3, 0.4) is 0 Å². The lowest BCUT2D eigenvalue weighted by atomic mass is 10.0. The minimum absolute atomic E-state index is 0.0747. The molecule has 1 saturated heterocycles. The summed E-state index contributed by atoms with van der Waals surface area (Å²) in [5.74, 6) is 1.00. The molecule has 1 atom stereocenters. The molecular weight excluding hydrogens is 416 g/mol. The average molecular weight is 449 g/mol. The summed E-state index contributed by atoms with van der Waals surface area (Å²) in [5.41, 5.74) is 3.29. The number of nitrogens with zero attached hydrogens (tertiary/aromatic N) is 5. The fraction of sp³-hybridized carbons (Fsp3) is 0.440. The van der Waals surface area contributed by atoms with Crippen molar-refractivity contribution in [1.29, 1.82) is 0 Å². The molecule has 1 amide bonds. The predicted molar refractivity (Wildman–Crippen MR) is 129 cm³/mol. The molecule has 3 heterocycles. The maximum Gasteiger partial charge on any atom is 0.252 e. The molecule has 2 aromatic heterocycles. The van der Waals surface area contributed by atoms with E-state index in [1.807, 2.05) is 61.7 Å². The molecule has 1 N–H and O–H groups in total. The summed E-state index contributed by atoms with van der Waals surface area (Å²) >= 11 is 0. The van der Waals surface area contributed by atoms with Crippen LogP contribution in [0, 0.1) is 5.92 Å². The molecule has 0 aliphatic carbocycles. The molecule has 174 valence electrons. The fourth-order valence-electron chi connectivity index (χ4n) is 3.88. The van der Waals surface area contributed by atoms with Gasteiger partial charge >= 0.3 is 0 Å². The Morgan fingerprint density at radius 1 is 1.24 bits per heavy atom. The number of aromatic nitrogens is 3. The van der Waals surface area contributed by atoms with Crippen molar-refractivity contribution >= 4 is 22.8 Å². The first-order valence-electron chi connectivity index (χ1n) is 11.4. The summed E-state index contributed by atoms with van der Waals surface area (Å²) < 4.78 is 6.09. The molecule has 33 heavy (non-hydrogen) atoms. The quantitative estimate of drug-likeness (QED) is 0.595. The van der Waals surface area contributed by atoms with E-state index in [0.717, 1.165) is 35.2 Å². The van der Waals surface area contributed by atoms with Crippen LogP contribution >= 0.6 is 0 Å². The minimum Gasteiger partial charge on any atom is -0.369 e. The first kappa shape index (κ1) is 23.1. The Labute approximate surface area is 195 Å². The molecule has 8 heteroatoms. The summed E-state index contributed by atoms with van der Waals surface area (Å²) in [4.78, 5) is 30.9. The van der Waals surface area contributed by atoms with E-state index in [1.54, 1.807) is 0 Å². The number of nitrogens with one attached hydrogen (secondary N) is 1. The number of rotatable bonds is 7. The van der Waals surface area contributed by atoms with Gasteiger partial charge in [-0.05, 0) is 18.1 Å². The Morgan fingerprint density at radius 2 is 2.00 bits per heavy atom. The molecule has 1 unspecified atom stereocenters. The van der Waals surface area contributed by atoms with Crippen LogP contribution in [-0.4, -0.2) is 66.1 Å². The highest BCUT2D eigenvalue weighted by molar-refractivity contribution is 6.06. The highest BCUT2D eigenvalue weighted by Gasteiger charge is 2.25.